The molecule has 0 atom stereocenters. The van der Waals surface area contributed by atoms with Crippen molar-refractivity contribution in [2.24, 2.45) is 0 Å². The molecule has 4 fully saturated rings. The van der Waals surface area contributed by atoms with Crippen LogP contribution in [0, 0.1) is 0 Å². The molecule has 0 bridgehead atoms. The van der Waals surface area contributed by atoms with Crippen LogP contribution in [-0.2, 0) is 17.8 Å². The van der Waals surface area contributed by atoms with Crippen LogP contribution < -0.4 is 15.1 Å². The van der Waals surface area contributed by atoms with Crippen molar-refractivity contribution in [1.82, 2.24) is 20.0 Å². The first-order chi connectivity index (χ1) is 27.9. The van der Waals surface area contributed by atoms with E-state index in [0.29, 0.717) is 11.6 Å². The van der Waals surface area contributed by atoms with Crippen molar-refractivity contribution in [2.45, 2.75) is 83.1 Å². The third-order valence-electron chi connectivity index (χ3n) is 10.0. The maximum Gasteiger partial charge on any atom is 0.434 e. The van der Waals surface area contributed by atoms with E-state index in [1.165, 1.54) is 37.2 Å². The lowest BCUT2D eigenvalue weighted by molar-refractivity contribution is -0.309. The van der Waals surface area contributed by atoms with Crippen molar-refractivity contribution in [2.75, 3.05) is 88.3 Å². The van der Waals surface area contributed by atoms with Crippen molar-refractivity contribution in [3.05, 3.63) is 57.6 Å². The highest BCUT2D eigenvalue weighted by Gasteiger charge is 2.60. The van der Waals surface area contributed by atoms with Crippen molar-refractivity contribution < 1.29 is 67.3 Å². The molecule has 61 heavy (non-hydrogen) atoms. The molecule has 23 heteroatoms. The van der Waals surface area contributed by atoms with E-state index in [2.05, 4.69) is 36.9 Å². The fraction of sp³-hybridized carbons (Fsp3) is 0.658. The van der Waals surface area contributed by atoms with E-state index in [4.69, 9.17) is 28.3 Å². The van der Waals surface area contributed by atoms with Crippen molar-refractivity contribution >= 4 is 40.7 Å². The monoisotopic (exact) mass is 936 g/mol. The fourth-order valence-electron chi connectivity index (χ4n) is 7.01. The highest BCUT2D eigenvalue weighted by Crippen LogP contribution is 2.37. The van der Waals surface area contributed by atoms with Crippen LogP contribution in [0.2, 0.25) is 10.0 Å². The third-order valence-corrected chi connectivity index (χ3v) is 10.5. The number of amides is 1. The summed E-state index contributed by atoms with van der Waals surface area (Å²) in [4.78, 5) is 22.0. The largest absolute Gasteiger partial charge is 0.434 e. The Bertz CT molecular complexity index is 1630. The molecule has 0 spiro atoms. The number of aliphatic hydroxyl groups is 1. The van der Waals surface area contributed by atoms with Gasteiger partial charge in [-0.15, -0.1) is 0 Å². The van der Waals surface area contributed by atoms with E-state index < -0.39 is 43.0 Å². The van der Waals surface area contributed by atoms with Crippen molar-refractivity contribution in [3.63, 3.8) is 0 Å². The van der Waals surface area contributed by atoms with Crippen LogP contribution >= 0.6 is 23.2 Å². The number of alkyl halides is 12. The van der Waals surface area contributed by atoms with Crippen molar-refractivity contribution in [3.8, 4) is 0 Å². The SMILES string of the molecule is C.Clc1ccc(N2CCCC2)c(CN2CCNCC2)c1.O=C(OC(C(F)(F)F)C(F)(F)F)N1CCN(Cc2cc(Cl)ccc2N2CCCC2)CC1.OC(C(F)(F)F)C(F)(F)F. The molecule has 4 aliphatic heterocycles. The predicted molar refractivity (Wildman–Crippen MR) is 208 cm³/mol. The molecule has 0 saturated carbocycles. The quantitative estimate of drug-likeness (QED) is 0.267. The van der Waals surface area contributed by atoms with E-state index in [9.17, 15) is 57.5 Å². The van der Waals surface area contributed by atoms with Gasteiger partial charge in [0.2, 0.25) is 6.10 Å². The predicted octanol–water partition coefficient (Wildman–Crippen LogP) is 9.14. The Morgan fingerprint density at radius 3 is 1.33 bits per heavy atom. The Hall–Kier alpha value is -3.11. The zero-order chi connectivity index (χ0) is 44.5. The van der Waals surface area contributed by atoms with Crippen LogP contribution in [0.5, 0.6) is 0 Å². The first-order valence-corrected chi connectivity index (χ1v) is 19.8. The van der Waals surface area contributed by atoms with Crippen molar-refractivity contribution in [1.29, 1.82) is 0 Å². The summed E-state index contributed by atoms with van der Waals surface area (Å²) in [6, 6.07) is 12.0. The Balaban J connectivity index is 0.000000280. The molecular weight excluding hydrogens is 887 g/mol. The summed E-state index contributed by atoms with van der Waals surface area (Å²) < 4.78 is 145. The number of hydrogen-bond donors (Lipinski definition) is 2. The van der Waals surface area contributed by atoms with Gasteiger partial charge in [0, 0.05) is 113 Å². The van der Waals surface area contributed by atoms with Gasteiger partial charge < -0.3 is 29.9 Å². The average molecular weight is 938 g/mol. The Morgan fingerprint density at radius 1 is 0.607 bits per heavy atom. The maximum atomic E-state index is 12.6. The van der Waals surface area contributed by atoms with Gasteiger partial charge in [-0.25, -0.2) is 4.79 Å². The van der Waals surface area contributed by atoms with Crippen LogP contribution in [0.4, 0.5) is 68.9 Å². The summed E-state index contributed by atoms with van der Waals surface area (Å²) in [7, 11) is 0. The summed E-state index contributed by atoms with van der Waals surface area (Å²) >= 11 is 12.3. The number of hydrogen-bond acceptors (Lipinski definition) is 8. The number of nitrogens with zero attached hydrogens (tertiary/aromatic N) is 5. The molecule has 1 amide bonds. The normalized spacial score (nSPS) is 18.4. The molecule has 4 saturated heterocycles. The standard InChI is InChI=1S/C19H22ClF6N3O2.C15H22ClN3.C3H2F6O.CH4/c20-14-3-4-15(28-5-1-2-6-28)13(11-14)12-27-7-9-29(10-8-27)17(30)31-16(18(21,22)23)19(24,25)26;16-14-3-4-15(19-7-1-2-8-19)13(11-14)12-18-9-5-17-6-10-18;4-2(5,6)1(10)3(7,8)9;/h3-4,11,16H,1-2,5-10,12H2;3-4,11,17H,1-2,5-10,12H2;1,10H;1H4. The Morgan fingerprint density at radius 2 is 0.984 bits per heavy atom. The molecule has 0 radical (unpaired) electrons. The van der Waals surface area contributed by atoms with Gasteiger partial charge in [-0.05, 0) is 73.2 Å². The summed E-state index contributed by atoms with van der Waals surface area (Å²) in [6.45, 7) is 10.7. The molecule has 348 valence electrons. The molecule has 2 aromatic rings. The number of ether oxygens (including phenoxy) is 1. The molecule has 2 aromatic carbocycles. The molecular formula is C38H50Cl2F12N6O3. The van der Waals surface area contributed by atoms with Crippen LogP contribution in [-0.4, -0.2) is 141 Å². The van der Waals surface area contributed by atoms with Crippen LogP contribution in [0.1, 0.15) is 44.2 Å². The highest BCUT2D eigenvalue weighted by molar-refractivity contribution is 6.31. The summed E-state index contributed by atoms with van der Waals surface area (Å²) in [5.74, 6) is 0. The van der Waals surface area contributed by atoms with E-state index in [1.54, 1.807) is 0 Å². The Labute approximate surface area is 356 Å². The van der Waals surface area contributed by atoms with Gasteiger partial charge >= 0.3 is 30.8 Å². The lowest BCUT2D eigenvalue weighted by Crippen LogP contribution is -2.52. The summed E-state index contributed by atoms with van der Waals surface area (Å²) in [6.07, 6.45) is -27.9. The van der Waals surface area contributed by atoms with Gasteiger partial charge in [-0.3, -0.25) is 9.80 Å². The molecule has 0 aromatic heterocycles. The zero-order valence-corrected chi connectivity index (χ0v) is 33.6. The van der Waals surface area contributed by atoms with Gasteiger partial charge in [-0.2, -0.15) is 52.7 Å². The minimum Gasteiger partial charge on any atom is -0.426 e. The number of carbonyl (C=O) groups excluding carboxylic acids is 1. The number of nitrogens with one attached hydrogen (secondary N) is 1. The van der Waals surface area contributed by atoms with E-state index >= 15 is 0 Å². The topological polar surface area (TPSA) is 74.8 Å². The van der Waals surface area contributed by atoms with Crippen LogP contribution in [0.25, 0.3) is 0 Å². The smallest absolute Gasteiger partial charge is 0.426 e. The van der Waals surface area contributed by atoms with E-state index in [-0.39, 0.29) is 33.6 Å². The van der Waals surface area contributed by atoms with Gasteiger partial charge in [0.05, 0.1) is 0 Å². The number of carbonyl (C=O) groups is 1. The molecule has 4 heterocycles. The number of benzene rings is 2. The molecule has 0 aliphatic carbocycles. The lowest BCUT2D eigenvalue weighted by Gasteiger charge is -2.36. The highest BCUT2D eigenvalue weighted by atomic mass is 35.5. The number of rotatable bonds is 7. The second-order valence-corrected chi connectivity index (χ2v) is 15.4. The first-order valence-electron chi connectivity index (χ1n) is 19.1. The lowest BCUT2D eigenvalue weighted by atomic mass is 10.1. The minimum atomic E-state index is -5.73. The first kappa shape index (κ1) is 52.2. The Kier molecular flexibility index (Phi) is 19.3. The maximum absolute atomic E-state index is 12.6. The van der Waals surface area contributed by atoms with E-state index in [1.807, 2.05) is 29.2 Å². The van der Waals surface area contributed by atoms with Gasteiger partial charge in [0.25, 0.3) is 6.10 Å². The van der Waals surface area contributed by atoms with Gasteiger partial charge in [0.15, 0.2) is 0 Å². The van der Waals surface area contributed by atoms with Gasteiger partial charge in [0.1, 0.15) is 0 Å². The van der Waals surface area contributed by atoms with Crippen LogP contribution in [0.15, 0.2) is 36.4 Å². The number of anilines is 2. The zero-order valence-electron chi connectivity index (χ0n) is 32.1. The second-order valence-electron chi connectivity index (χ2n) is 14.6. The molecule has 9 nitrogen and oxygen atoms in total. The third kappa shape index (κ3) is 16.2. The summed E-state index contributed by atoms with van der Waals surface area (Å²) in [5, 5.41) is 12.3. The molecule has 6 rings (SSSR count). The van der Waals surface area contributed by atoms with Gasteiger partial charge in [-0.1, -0.05) is 30.6 Å². The van der Waals surface area contributed by atoms with E-state index in [0.717, 1.165) is 79.8 Å². The fourth-order valence-corrected chi connectivity index (χ4v) is 7.40. The number of piperazine rings is 2. The molecule has 2 N–H and O–H groups in total. The number of halogens is 14. The average Bonchev–Trinajstić information content (AvgIpc) is 3.89. The van der Waals surface area contributed by atoms with Crippen LogP contribution in [0.3, 0.4) is 0 Å². The molecule has 0 unspecified atom stereocenters. The summed E-state index contributed by atoms with van der Waals surface area (Å²) in [5.41, 5.74) is 4.82. The second kappa shape index (κ2) is 22.5. The molecule has 4 aliphatic rings. The number of aliphatic hydroxyl groups excluding tert-OH is 1. The minimum absolute atomic E-state index is 0.